The molecular weight excluding hydrogens is 292 g/mol. The maximum atomic E-state index is 9.50. The summed E-state index contributed by atoms with van der Waals surface area (Å²) in [4.78, 5) is 0. The molecule has 1 atom stereocenters. The van der Waals surface area contributed by atoms with Crippen LogP contribution < -0.4 is 4.74 Å². The van der Waals surface area contributed by atoms with Crippen LogP contribution in [0.4, 0.5) is 0 Å². The highest BCUT2D eigenvalue weighted by molar-refractivity contribution is 9.10. The van der Waals surface area contributed by atoms with Crippen molar-refractivity contribution < 1.29 is 9.84 Å². The summed E-state index contributed by atoms with van der Waals surface area (Å²) >= 11 is 3.56. The van der Waals surface area contributed by atoms with Crippen LogP contribution in [0.3, 0.4) is 0 Å². The van der Waals surface area contributed by atoms with Gasteiger partial charge in [-0.2, -0.15) is 0 Å². The summed E-state index contributed by atoms with van der Waals surface area (Å²) in [5, 5.41) is 9.50. The molecule has 2 rings (SSSR count). The minimum Gasteiger partial charge on any atom is -0.493 e. The third kappa shape index (κ3) is 3.27. The highest BCUT2D eigenvalue weighted by Crippen LogP contribution is 2.35. The minimum absolute atomic E-state index is 0.249. The molecule has 0 radical (unpaired) electrons. The van der Waals surface area contributed by atoms with Gasteiger partial charge in [-0.25, -0.2) is 0 Å². The maximum Gasteiger partial charge on any atom is 0.125 e. The third-order valence-electron chi connectivity index (χ3n) is 3.40. The van der Waals surface area contributed by atoms with Gasteiger partial charge < -0.3 is 9.84 Å². The first kappa shape index (κ1) is 13.9. The van der Waals surface area contributed by atoms with Crippen molar-refractivity contribution in [3.05, 3.63) is 27.7 Å². The number of aliphatic hydroxyl groups is 1. The SMILES string of the molecule is CC(C)CC(CO)Cc1cc(Br)cc2c1OCC2. The van der Waals surface area contributed by atoms with Crippen LogP contribution in [-0.2, 0) is 12.8 Å². The number of ether oxygens (including phenoxy) is 1. The number of halogens is 1. The van der Waals surface area contributed by atoms with E-state index in [0.717, 1.165) is 36.1 Å². The van der Waals surface area contributed by atoms with Crippen LogP contribution >= 0.6 is 15.9 Å². The largest absolute Gasteiger partial charge is 0.493 e. The highest BCUT2D eigenvalue weighted by Gasteiger charge is 2.20. The topological polar surface area (TPSA) is 29.5 Å². The molecule has 0 saturated heterocycles. The Morgan fingerprint density at radius 1 is 1.39 bits per heavy atom. The summed E-state index contributed by atoms with van der Waals surface area (Å²) in [6, 6.07) is 4.27. The fourth-order valence-corrected chi connectivity index (χ4v) is 3.25. The van der Waals surface area contributed by atoms with Gasteiger partial charge in [0.15, 0.2) is 0 Å². The molecule has 0 fully saturated rings. The van der Waals surface area contributed by atoms with Crippen molar-refractivity contribution in [1.29, 1.82) is 0 Å². The van der Waals surface area contributed by atoms with E-state index in [0.29, 0.717) is 11.8 Å². The molecule has 3 heteroatoms. The van der Waals surface area contributed by atoms with Crippen molar-refractivity contribution in [2.24, 2.45) is 11.8 Å². The molecule has 2 nitrogen and oxygen atoms in total. The summed E-state index contributed by atoms with van der Waals surface area (Å²) in [6.07, 6.45) is 2.95. The fraction of sp³-hybridized carbons (Fsp3) is 0.600. The van der Waals surface area contributed by atoms with Crippen molar-refractivity contribution in [2.75, 3.05) is 13.2 Å². The van der Waals surface area contributed by atoms with E-state index in [9.17, 15) is 5.11 Å². The van der Waals surface area contributed by atoms with E-state index >= 15 is 0 Å². The van der Waals surface area contributed by atoms with E-state index in [1.807, 2.05) is 0 Å². The molecule has 1 aromatic carbocycles. The zero-order valence-electron chi connectivity index (χ0n) is 11.1. The molecule has 1 heterocycles. The molecule has 0 aromatic heterocycles. The van der Waals surface area contributed by atoms with E-state index in [1.54, 1.807) is 0 Å². The van der Waals surface area contributed by atoms with Crippen molar-refractivity contribution in [3.8, 4) is 5.75 Å². The van der Waals surface area contributed by atoms with Gasteiger partial charge in [0, 0.05) is 17.5 Å². The number of hydrogen-bond acceptors (Lipinski definition) is 2. The normalized spacial score (nSPS) is 15.6. The van der Waals surface area contributed by atoms with E-state index in [-0.39, 0.29) is 6.61 Å². The van der Waals surface area contributed by atoms with Gasteiger partial charge in [0.25, 0.3) is 0 Å². The summed E-state index contributed by atoms with van der Waals surface area (Å²) in [5.41, 5.74) is 2.53. The van der Waals surface area contributed by atoms with E-state index in [4.69, 9.17) is 4.74 Å². The Kier molecular flexibility index (Phi) is 4.68. The van der Waals surface area contributed by atoms with E-state index in [2.05, 4.69) is 41.9 Å². The Bertz CT molecular complexity index is 415. The van der Waals surface area contributed by atoms with Crippen LogP contribution in [0.5, 0.6) is 5.75 Å². The molecule has 1 aliphatic heterocycles. The standard InChI is InChI=1S/C15H21BrO2/c1-10(2)5-11(9-17)6-13-8-14(16)7-12-3-4-18-15(12)13/h7-8,10-11,17H,3-6,9H2,1-2H3. The second-order valence-corrected chi connectivity index (χ2v) is 6.45. The van der Waals surface area contributed by atoms with Crippen molar-refractivity contribution in [2.45, 2.75) is 33.1 Å². The zero-order valence-corrected chi connectivity index (χ0v) is 12.7. The Labute approximate surface area is 117 Å². The lowest BCUT2D eigenvalue weighted by atomic mass is 9.90. The average molecular weight is 313 g/mol. The van der Waals surface area contributed by atoms with Crippen LogP contribution in [0.25, 0.3) is 0 Å². The van der Waals surface area contributed by atoms with Crippen LogP contribution in [0.1, 0.15) is 31.4 Å². The summed E-state index contributed by atoms with van der Waals surface area (Å²) in [7, 11) is 0. The summed E-state index contributed by atoms with van der Waals surface area (Å²) in [5.74, 6) is 2.00. The first-order valence-corrected chi connectivity index (χ1v) is 7.44. The smallest absolute Gasteiger partial charge is 0.125 e. The molecule has 1 aliphatic rings. The van der Waals surface area contributed by atoms with Crippen LogP contribution in [-0.4, -0.2) is 18.3 Å². The van der Waals surface area contributed by atoms with Gasteiger partial charge >= 0.3 is 0 Å². The van der Waals surface area contributed by atoms with Gasteiger partial charge in [-0.05, 0) is 47.9 Å². The Hall–Kier alpha value is -0.540. The van der Waals surface area contributed by atoms with Gasteiger partial charge in [-0.1, -0.05) is 29.8 Å². The van der Waals surface area contributed by atoms with Crippen molar-refractivity contribution in [3.63, 3.8) is 0 Å². The first-order valence-electron chi connectivity index (χ1n) is 6.65. The van der Waals surface area contributed by atoms with Crippen molar-refractivity contribution >= 4 is 15.9 Å². The molecule has 18 heavy (non-hydrogen) atoms. The fourth-order valence-electron chi connectivity index (χ4n) is 2.70. The molecule has 0 saturated carbocycles. The predicted molar refractivity (Wildman–Crippen MR) is 77.1 cm³/mol. The first-order chi connectivity index (χ1) is 8.60. The molecular formula is C15H21BrO2. The maximum absolute atomic E-state index is 9.50. The number of aliphatic hydroxyl groups excluding tert-OH is 1. The molecule has 1 unspecified atom stereocenters. The molecule has 0 aliphatic carbocycles. The van der Waals surface area contributed by atoms with Crippen LogP contribution in [0.2, 0.25) is 0 Å². The van der Waals surface area contributed by atoms with Crippen molar-refractivity contribution in [1.82, 2.24) is 0 Å². The lowest BCUT2D eigenvalue weighted by Gasteiger charge is -2.18. The van der Waals surface area contributed by atoms with Gasteiger partial charge in [0.1, 0.15) is 5.75 Å². The predicted octanol–water partition coefficient (Wildman–Crippen LogP) is 3.58. The molecule has 1 N–H and O–H groups in total. The second-order valence-electron chi connectivity index (χ2n) is 5.53. The Morgan fingerprint density at radius 2 is 2.17 bits per heavy atom. The third-order valence-corrected chi connectivity index (χ3v) is 3.85. The van der Waals surface area contributed by atoms with E-state index < -0.39 is 0 Å². The zero-order chi connectivity index (χ0) is 13.1. The lowest BCUT2D eigenvalue weighted by Crippen LogP contribution is -2.13. The number of hydrogen-bond donors (Lipinski definition) is 1. The Morgan fingerprint density at radius 3 is 2.83 bits per heavy atom. The minimum atomic E-state index is 0.249. The molecule has 1 aromatic rings. The monoisotopic (exact) mass is 312 g/mol. The summed E-state index contributed by atoms with van der Waals surface area (Å²) < 4.78 is 6.85. The lowest BCUT2D eigenvalue weighted by molar-refractivity contribution is 0.204. The molecule has 0 spiro atoms. The van der Waals surface area contributed by atoms with Gasteiger partial charge in [0.05, 0.1) is 6.61 Å². The number of fused-ring (bicyclic) bond motifs is 1. The molecule has 0 bridgehead atoms. The van der Waals surface area contributed by atoms with Gasteiger partial charge in [-0.3, -0.25) is 0 Å². The average Bonchev–Trinajstić information content (AvgIpc) is 2.75. The van der Waals surface area contributed by atoms with Gasteiger partial charge in [-0.15, -0.1) is 0 Å². The Balaban J connectivity index is 2.18. The quantitative estimate of drug-likeness (QED) is 0.900. The summed E-state index contributed by atoms with van der Waals surface area (Å²) in [6.45, 7) is 5.43. The van der Waals surface area contributed by atoms with Crippen LogP contribution in [0.15, 0.2) is 16.6 Å². The van der Waals surface area contributed by atoms with Crippen LogP contribution in [0, 0.1) is 11.8 Å². The second kappa shape index (κ2) is 6.07. The number of benzene rings is 1. The van der Waals surface area contributed by atoms with Gasteiger partial charge in [0.2, 0.25) is 0 Å². The number of rotatable bonds is 5. The van der Waals surface area contributed by atoms with E-state index in [1.165, 1.54) is 11.1 Å². The molecule has 100 valence electrons. The molecule has 0 amide bonds. The highest BCUT2D eigenvalue weighted by atomic mass is 79.9.